The minimum Gasteiger partial charge on any atom is -0.463 e. The lowest BCUT2D eigenvalue weighted by molar-refractivity contribution is -0.124. The van der Waals surface area contributed by atoms with Gasteiger partial charge in [0.2, 0.25) is 5.91 Å². The quantitative estimate of drug-likeness (QED) is 0.795. The Morgan fingerprint density at radius 2 is 2.21 bits per heavy atom. The summed E-state index contributed by atoms with van der Waals surface area (Å²) in [6.45, 7) is 2.05. The Hall–Kier alpha value is -3.16. The minimum absolute atomic E-state index is 0.00402. The van der Waals surface area contributed by atoms with Crippen LogP contribution in [0.3, 0.4) is 0 Å². The third-order valence-corrected chi connectivity index (χ3v) is 3.66. The SMILES string of the molecule is Cc1nc(-c2ccco2)ccc1C(=O)NCCN1C(=O)CNC1=O. The number of nitrogens with zero attached hydrogens (tertiary/aromatic N) is 2. The molecule has 0 saturated carbocycles. The van der Waals surface area contributed by atoms with Crippen LogP contribution in [0, 0.1) is 6.92 Å². The average Bonchev–Trinajstić information content (AvgIpc) is 3.19. The molecule has 0 radical (unpaired) electrons. The molecule has 24 heavy (non-hydrogen) atoms. The Balaban J connectivity index is 1.61. The van der Waals surface area contributed by atoms with Crippen LogP contribution < -0.4 is 10.6 Å². The molecular weight excluding hydrogens is 312 g/mol. The van der Waals surface area contributed by atoms with Crippen molar-refractivity contribution in [3.8, 4) is 11.5 Å². The maximum absolute atomic E-state index is 12.2. The van der Waals surface area contributed by atoms with Gasteiger partial charge in [-0.05, 0) is 31.2 Å². The summed E-state index contributed by atoms with van der Waals surface area (Å²) in [6, 6.07) is 6.50. The molecule has 4 amide bonds. The minimum atomic E-state index is -0.435. The topological polar surface area (TPSA) is 105 Å². The van der Waals surface area contributed by atoms with Crippen molar-refractivity contribution < 1.29 is 18.8 Å². The van der Waals surface area contributed by atoms with Gasteiger partial charge in [-0.1, -0.05) is 0 Å². The molecule has 2 N–H and O–H groups in total. The molecule has 3 heterocycles. The normalized spacial score (nSPS) is 14.0. The highest BCUT2D eigenvalue weighted by molar-refractivity contribution is 6.02. The number of carbonyl (C=O) groups excluding carboxylic acids is 3. The highest BCUT2D eigenvalue weighted by Gasteiger charge is 2.27. The third kappa shape index (κ3) is 3.12. The Kier molecular flexibility index (Phi) is 4.28. The number of urea groups is 1. The Morgan fingerprint density at radius 1 is 1.38 bits per heavy atom. The Labute approximate surface area is 137 Å². The van der Waals surface area contributed by atoms with E-state index in [0.717, 1.165) is 4.90 Å². The smallest absolute Gasteiger partial charge is 0.324 e. The zero-order valence-electron chi connectivity index (χ0n) is 13.0. The van der Waals surface area contributed by atoms with Gasteiger partial charge in [-0.25, -0.2) is 9.78 Å². The number of nitrogens with one attached hydrogen (secondary N) is 2. The summed E-state index contributed by atoms with van der Waals surface area (Å²) in [7, 11) is 0. The summed E-state index contributed by atoms with van der Waals surface area (Å²) in [5.74, 6) is 0.0246. The number of furan rings is 1. The highest BCUT2D eigenvalue weighted by Crippen LogP contribution is 2.19. The first kappa shape index (κ1) is 15.7. The van der Waals surface area contributed by atoms with Crippen LogP contribution >= 0.6 is 0 Å². The van der Waals surface area contributed by atoms with E-state index in [4.69, 9.17) is 4.42 Å². The number of hydrogen-bond acceptors (Lipinski definition) is 5. The fourth-order valence-electron chi connectivity index (χ4n) is 2.42. The lowest BCUT2D eigenvalue weighted by atomic mass is 10.1. The summed E-state index contributed by atoms with van der Waals surface area (Å²) in [6.07, 6.45) is 1.56. The Morgan fingerprint density at radius 3 is 2.83 bits per heavy atom. The number of imide groups is 1. The molecule has 0 unspecified atom stereocenters. The molecule has 124 valence electrons. The molecule has 2 aromatic heterocycles. The van der Waals surface area contributed by atoms with Gasteiger partial charge >= 0.3 is 6.03 Å². The van der Waals surface area contributed by atoms with E-state index < -0.39 is 6.03 Å². The summed E-state index contributed by atoms with van der Waals surface area (Å²) >= 11 is 0. The molecule has 0 spiro atoms. The summed E-state index contributed by atoms with van der Waals surface area (Å²) < 4.78 is 5.28. The predicted octanol–water partition coefficient (Wildman–Crippen LogP) is 0.932. The van der Waals surface area contributed by atoms with Crippen LogP contribution in [0.2, 0.25) is 0 Å². The van der Waals surface area contributed by atoms with Crippen molar-refractivity contribution in [1.29, 1.82) is 0 Å². The second-order valence-electron chi connectivity index (χ2n) is 5.27. The number of pyridine rings is 1. The number of hydrogen-bond donors (Lipinski definition) is 2. The van der Waals surface area contributed by atoms with Crippen LogP contribution in [0.4, 0.5) is 4.79 Å². The van der Waals surface area contributed by atoms with Crippen LogP contribution in [-0.4, -0.2) is 47.4 Å². The van der Waals surface area contributed by atoms with E-state index in [9.17, 15) is 14.4 Å². The van der Waals surface area contributed by atoms with Crippen LogP contribution in [0.15, 0.2) is 34.9 Å². The first-order chi connectivity index (χ1) is 11.6. The van der Waals surface area contributed by atoms with Crippen molar-refractivity contribution in [1.82, 2.24) is 20.5 Å². The van der Waals surface area contributed by atoms with E-state index in [1.54, 1.807) is 37.5 Å². The van der Waals surface area contributed by atoms with Gasteiger partial charge in [0.05, 0.1) is 24.1 Å². The fraction of sp³-hybridized carbons (Fsp3) is 0.250. The predicted molar refractivity (Wildman–Crippen MR) is 84.1 cm³/mol. The van der Waals surface area contributed by atoms with Gasteiger partial charge in [-0.2, -0.15) is 0 Å². The fourth-order valence-corrected chi connectivity index (χ4v) is 2.42. The number of aromatic nitrogens is 1. The van der Waals surface area contributed by atoms with Crippen molar-refractivity contribution in [3.63, 3.8) is 0 Å². The van der Waals surface area contributed by atoms with E-state index in [-0.39, 0.29) is 31.4 Å². The maximum atomic E-state index is 12.2. The van der Waals surface area contributed by atoms with Crippen LogP contribution in [0.1, 0.15) is 16.1 Å². The summed E-state index contributed by atoms with van der Waals surface area (Å²) in [5.41, 5.74) is 1.65. The second-order valence-corrected chi connectivity index (χ2v) is 5.27. The van der Waals surface area contributed by atoms with Gasteiger partial charge in [0, 0.05) is 13.1 Å². The number of aryl methyl sites for hydroxylation is 1. The van der Waals surface area contributed by atoms with Crippen molar-refractivity contribution in [2.75, 3.05) is 19.6 Å². The number of rotatable bonds is 5. The molecular formula is C16H16N4O4. The maximum Gasteiger partial charge on any atom is 0.324 e. The van der Waals surface area contributed by atoms with Gasteiger partial charge in [-0.3, -0.25) is 14.5 Å². The van der Waals surface area contributed by atoms with Crippen LogP contribution in [0.5, 0.6) is 0 Å². The van der Waals surface area contributed by atoms with Gasteiger partial charge in [0.1, 0.15) is 5.69 Å². The largest absolute Gasteiger partial charge is 0.463 e. The summed E-state index contributed by atoms with van der Waals surface area (Å²) in [4.78, 5) is 40.5. The monoisotopic (exact) mass is 328 g/mol. The molecule has 3 rings (SSSR count). The first-order valence-corrected chi connectivity index (χ1v) is 7.44. The van der Waals surface area contributed by atoms with Gasteiger partial charge in [0.15, 0.2) is 5.76 Å². The van der Waals surface area contributed by atoms with E-state index in [2.05, 4.69) is 15.6 Å². The lowest BCUT2D eigenvalue weighted by Crippen LogP contribution is -2.38. The van der Waals surface area contributed by atoms with Gasteiger partial charge in [0.25, 0.3) is 5.91 Å². The average molecular weight is 328 g/mol. The van der Waals surface area contributed by atoms with Crippen molar-refractivity contribution in [3.05, 3.63) is 41.8 Å². The van der Waals surface area contributed by atoms with E-state index in [0.29, 0.717) is 22.7 Å². The van der Waals surface area contributed by atoms with Gasteiger partial charge < -0.3 is 15.1 Å². The molecule has 2 aromatic rings. The number of amides is 4. The van der Waals surface area contributed by atoms with Crippen LogP contribution in [0.25, 0.3) is 11.5 Å². The molecule has 1 saturated heterocycles. The zero-order valence-corrected chi connectivity index (χ0v) is 13.0. The van der Waals surface area contributed by atoms with E-state index >= 15 is 0 Å². The molecule has 1 fully saturated rings. The molecule has 1 aliphatic rings. The first-order valence-electron chi connectivity index (χ1n) is 7.44. The molecule has 1 aliphatic heterocycles. The van der Waals surface area contributed by atoms with E-state index in [1.807, 2.05) is 0 Å². The lowest BCUT2D eigenvalue weighted by Gasteiger charge is -2.13. The highest BCUT2D eigenvalue weighted by atomic mass is 16.3. The van der Waals surface area contributed by atoms with Crippen molar-refractivity contribution in [2.24, 2.45) is 0 Å². The molecule has 0 atom stereocenters. The third-order valence-electron chi connectivity index (χ3n) is 3.66. The zero-order chi connectivity index (χ0) is 17.1. The van der Waals surface area contributed by atoms with Crippen molar-refractivity contribution >= 4 is 17.8 Å². The van der Waals surface area contributed by atoms with Gasteiger partial charge in [-0.15, -0.1) is 0 Å². The van der Waals surface area contributed by atoms with E-state index in [1.165, 1.54) is 0 Å². The molecule has 0 bridgehead atoms. The molecule has 8 nitrogen and oxygen atoms in total. The van der Waals surface area contributed by atoms with Crippen LogP contribution in [-0.2, 0) is 4.79 Å². The number of carbonyl (C=O) groups is 3. The van der Waals surface area contributed by atoms with Crippen molar-refractivity contribution in [2.45, 2.75) is 6.92 Å². The standard InChI is InChI=1S/C16H16N4O4/c1-10-11(4-5-12(19-10)13-3-2-8-24-13)15(22)17-6-7-20-14(21)9-18-16(20)23/h2-5,8H,6-7,9H2,1H3,(H,17,22)(H,18,23). The second kappa shape index (κ2) is 6.53. The molecule has 0 aliphatic carbocycles. The molecule has 0 aromatic carbocycles. The molecule has 8 heteroatoms. The summed E-state index contributed by atoms with van der Waals surface area (Å²) in [5, 5.41) is 5.11. The Bertz CT molecular complexity index is 769.